The van der Waals surface area contributed by atoms with Crippen molar-refractivity contribution in [2.75, 3.05) is 7.05 Å². The second kappa shape index (κ2) is 6.69. The fourth-order valence-electron chi connectivity index (χ4n) is 1.94. The van der Waals surface area contributed by atoms with Crippen molar-refractivity contribution in [1.29, 1.82) is 0 Å². The summed E-state index contributed by atoms with van der Waals surface area (Å²) in [7, 11) is -3.48. The van der Waals surface area contributed by atoms with Crippen LogP contribution in [0, 0.1) is 0 Å². The van der Waals surface area contributed by atoms with E-state index in [-0.39, 0.29) is 11.3 Å². The summed E-state index contributed by atoms with van der Waals surface area (Å²) in [6, 6.07) is 14.4. The number of hydrogen-bond donors (Lipinski definition) is 1. The van der Waals surface area contributed by atoms with Gasteiger partial charge in [-0.25, -0.2) is 0 Å². The smallest absolute Gasteiger partial charge is 0.367 e. The van der Waals surface area contributed by atoms with Gasteiger partial charge in [0.25, 0.3) is 0 Å². The van der Waals surface area contributed by atoms with Crippen LogP contribution in [0.15, 0.2) is 48.5 Å². The van der Waals surface area contributed by atoms with Crippen LogP contribution in [-0.4, -0.2) is 30.8 Å². The average Bonchev–Trinajstić information content (AvgIpc) is 2.49. The number of hydroxylamine groups is 1. The SMILES string of the molecule is CN(Oc1c(C=O)cccc1Cc1ccccc1)S(=O)(=O)O. The molecule has 0 unspecified atom stereocenters. The highest BCUT2D eigenvalue weighted by Gasteiger charge is 2.19. The molecule has 0 amide bonds. The third-order valence-corrected chi connectivity index (χ3v) is 3.76. The number of aldehydes is 1. The first-order chi connectivity index (χ1) is 10.4. The van der Waals surface area contributed by atoms with Crippen molar-refractivity contribution in [3.8, 4) is 5.75 Å². The zero-order valence-corrected chi connectivity index (χ0v) is 12.7. The molecule has 0 atom stereocenters. The fourth-order valence-corrected chi connectivity index (χ4v) is 2.11. The standard InChI is InChI=1S/C15H15NO5S/c1-16(22(18,19)20)21-15-13(8-5-9-14(15)11-17)10-12-6-3-2-4-7-12/h2-9,11H,10H2,1H3,(H,18,19,20). The van der Waals surface area contributed by atoms with E-state index in [1.54, 1.807) is 12.1 Å². The highest BCUT2D eigenvalue weighted by atomic mass is 32.2. The van der Waals surface area contributed by atoms with Crippen LogP contribution in [0.3, 0.4) is 0 Å². The third kappa shape index (κ3) is 3.91. The molecule has 0 saturated heterocycles. The Kier molecular flexibility index (Phi) is 4.92. The minimum atomic E-state index is -4.52. The Hall–Kier alpha value is -2.22. The van der Waals surface area contributed by atoms with Crippen molar-refractivity contribution >= 4 is 16.6 Å². The van der Waals surface area contributed by atoms with Crippen LogP contribution >= 0.6 is 0 Å². The maximum absolute atomic E-state index is 11.2. The van der Waals surface area contributed by atoms with Gasteiger partial charge in [-0.15, -0.1) is 0 Å². The minimum Gasteiger partial charge on any atom is -0.388 e. The molecule has 0 aliphatic rings. The van der Waals surface area contributed by atoms with E-state index in [1.165, 1.54) is 6.07 Å². The maximum atomic E-state index is 11.2. The van der Waals surface area contributed by atoms with Crippen LogP contribution in [0.25, 0.3) is 0 Å². The first-order valence-electron chi connectivity index (χ1n) is 6.42. The molecule has 0 aromatic heterocycles. The molecular weight excluding hydrogens is 306 g/mol. The van der Waals surface area contributed by atoms with E-state index in [4.69, 9.17) is 9.39 Å². The van der Waals surface area contributed by atoms with Gasteiger partial charge in [0.1, 0.15) is 0 Å². The number of carbonyl (C=O) groups is 1. The lowest BCUT2D eigenvalue weighted by molar-refractivity contribution is 0.0506. The van der Waals surface area contributed by atoms with Gasteiger partial charge in [0.2, 0.25) is 0 Å². The lowest BCUT2D eigenvalue weighted by Crippen LogP contribution is -2.30. The van der Waals surface area contributed by atoms with Gasteiger partial charge >= 0.3 is 10.3 Å². The molecule has 0 radical (unpaired) electrons. The zero-order chi connectivity index (χ0) is 16.2. The van der Waals surface area contributed by atoms with Gasteiger partial charge in [-0.2, -0.15) is 8.42 Å². The molecule has 6 nitrogen and oxygen atoms in total. The normalized spacial score (nSPS) is 11.4. The molecular formula is C15H15NO5S. The number of hydrogen-bond acceptors (Lipinski definition) is 4. The summed E-state index contributed by atoms with van der Waals surface area (Å²) in [5.74, 6) is 0.0986. The molecule has 2 aromatic rings. The molecule has 0 saturated carbocycles. The van der Waals surface area contributed by atoms with Gasteiger partial charge in [-0.05, 0) is 16.1 Å². The second-order valence-corrected chi connectivity index (χ2v) is 6.00. The largest absolute Gasteiger partial charge is 0.388 e. The third-order valence-electron chi connectivity index (χ3n) is 3.04. The number of carbonyl (C=O) groups excluding carboxylic acids is 1. The molecule has 2 rings (SSSR count). The quantitative estimate of drug-likeness (QED) is 0.500. The van der Waals surface area contributed by atoms with Gasteiger partial charge in [0.05, 0.1) is 5.56 Å². The predicted molar refractivity (Wildman–Crippen MR) is 81.0 cm³/mol. The summed E-state index contributed by atoms with van der Waals surface area (Å²) in [6.07, 6.45) is 1.03. The van der Waals surface area contributed by atoms with E-state index in [0.717, 1.165) is 12.6 Å². The summed E-state index contributed by atoms with van der Waals surface area (Å²) in [5.41, 5.74) is 1.81. The summed E-state index contributed by atoms with van der Waals surface area (Å²) >= 11 is 0. The van der Waals surface area contributed by atoms with Crippen LogP contribution in [0.4, 0.5) is 0 Å². The summed E-state index contributed by atoms with van der Waals surface area (Å²) in [5, 5.41) is 0. The lowest BCUT2D eigenvalue weighted by atomic mass is 10.0. The average molecular weight is 321 g/mol. The van der Waals surface area contributed by atoms with Crippen LogP contribution < -0.4 is 4.84 Å². The number of nitrogens with zero attached hydrogens (tertiary/aromatic N) is 1. The predicted octanol–water partition coefficient (Wildman–Crippen LogP) is 2.12. The molecule has 0 aliphatic heterocycles. The molecule has 22 heavy (non-hydrogen) atoms. The van der Waals surface area contributed by atoms with E-state index in [0.29, 0.717) is 22.7 Å². The molecule has 0 heterocycles. The molecule has 0 fully saturated rings. The van der Waals surface area contributed by atoms with Gasteiger partial charge in [0.15, 0.2) is 12.0 Å². The van der Waals surface area contributed by atoms with Crippen LogP contribution in [0.2, 0.25) is 0 Å². The van der Waals surface area contributed by atoms with Gasteiger partial charge in [-0.3, -0.25) is 9.35 Å². The van der Waals surface area contributed by atoms with Crippen molar-refractivity contribution in [3.05, 3.63) is 65.2 Å². The Balaban J connectivity index is 2.39. The Bertz CT molecular complexity index is 759. The molecule has 0 aliphatic carbocycles. The van der Waals surface area contributed by atoms with E-state index in [9.17, 15) is 13.2 Å². The van der Waals surface area contributed by atoms with Crippen molar-refractivity contribution < 1.29 is 22.6 Å². The molecule has 7 heteroatoms. The maximum Gasteiger partial charge on any atom is 0.367 e. The van der Waals surface area contributed by atoms with Gasteiger partial charge in [0, 0.05) is 19.0 Å². The Labute approximate surface area is 128 Å². The highest BCUT2D eigenvalue weighted by Crippen LogP contribution is 2.26. The van der Waals surface area contributed by atoms with E-state index >= 15 is 0 Å². The zero-order valence-electron chi connectivity index (χ0n) is 11.8. The molecule has 0 spiro atoms. The van der Waals surface area contributed by atoms with E-state index in [2.05, 4.69) is 0 Å². The molecule has 1 N–H and O–H groups in total. The number of para-hydroxylation sites is 1. The second-order valence-electron chi connectivity index (χ2n) is 4.59. The monoisotopic (exact) mass is 321 g/mol. The van der Waals surface area contributed by atoms with Crippen LogP contribution in [0.1, 0.15) is 21.5 Å². The molecule has 2 aromatic carbocycles. The number of benzene rings is 2. The minimum absolute atomic E-state index is 0.0986. The topological polar surface area (TPSA) is 83.9 Å². The number of rotatable bonds is 6. The first-order valence-corrected chi connectivity index (χ1v) is 7.82. The fraction of sp³-hybridized carbons (Fsp3) is 0.133. The summed E-state index contributed by atoms with van der Waals surface area (Å²) in [4.78, 5) is 16.3. The van der Waals surface area contributed by atoms with Crippen molar-refractivity contribution in [2.45, 2.75) is 6.42 Å². The van der Waals surface area contributed by atoms with Crippen molar-refractivity contribution in [3.63, 3.8) is 0 Å². The summed E-state index contributed by atoms with van der Waals surface area (Å²) < 4.78 is 31.4. The van der Waals surface area contributed by atoms with Crippen molar-refractivity contribution in [2.24, 2.45) is 0 Å². The molecule has 116 valence electrons. The van der Waals surface area contributed by atoms with Crippen LogP contribution in [0.5, 0.6) is 5.75 Å². The van der Waals surface area contributed by atoms with Gasteiger partial charge in [-0.1, -0.05) is 42.5 Å². The Morgan fingerprint density at radius 1 is 1.14 bits per heavy atom. The van der Waals surface area contributed by atoms with E-state index in [1.807, 2.05) is 30.3 Å². The molecule has 0 bridgehead atoms. The Morgan fingerprint density at radius 3 is 2.41 bits per heavy atom. The lowest BCUT2D eigenvalue weighted by Gasteiger charge is -2.18. The van der Waals surface area contributed by atoms with E-state index < -0.39 is 10.3 Å². The van der Waals surface area contributed by atoms with Gasteiger partial charge < -0.3 is 4.84 Å². The Morgan fingerprint density at radius 2 is 1.82 bits per heavy atom. The summed E-state index contributed by atoms with van der Waals surface area (Å²) in [6.45, 7) is 0. The van der Waals surface area contributed by atoms with Crippen molar-refractivity contribution in [1.82, 2.24) is 4.47 Å². The van der Waals surface area contributed by atoms with Crippen LogP contribution in [-0.2, 0) is 16.7 Å². The first kappa shape index (κ1) is 16.2. The highest BCUT2D eigenvalue weighted by molar-refractivity contribution is 7.83.